The van der Waals surface area contributed by atoms with Crippen LogP contribution in [0.3, 0.4) is 0 Å². The van der Waals surface area contributed by atoms with Crippen LogP contribution in [-0.4, -0.2) is 22.6 Å². The summed E-state index contributed by atoms with van der Waals surface area (Å²) in [5, 5.41) is 0.420. The van der Waals surface area contributed by atoms with Gasteiger partial charge in [0.15, 0.2) is 0 Å². The normalized spacial score (nSPS) is 15.8. The van der Waals surface area contributed by atoms with E-state index in [0.717, 1.165) is 29.3 Å². The van der Waals surface area contributed by atoms with Gasteiger partial charge in [-0.05, 0) is 36.4 Å². The molecule has 0 unspecified atom stereocenters. The molecule has 0 bridgehead atoms. The summed E-state index contributed by atoms with van der Waals surface area (Å²) in [6, 6.07) is 14.9. The van der Waals surface area contributed by atoms with Gasteiger partial charge in [0.05, 0.1) is 4.91 Å². The Morgan fingerprint density at radius 3 is 2.62 bits per heavy atom. The quantitative estimate of drug-likeness (QED) is 0.625. The van der Waals surface area contributed by atoms with Gasteiger partial charge in [0.1, 0.15) is 12.4 Å². The molecule has 2 amide bonds. The SMILES string of the molecule is CCCN1C(=O)S/C(=C/c2ccccc2OCc2ccccc2Cl)C1=O. The van der Waals surface area contributed by atoms with Crippen molar-refractivity contribution in [2.45, 2.75) is 20.0 Å². The summed E-state index contributed by atoms with van der Waals surface area (Å²) in [7, 11) is 0. The molecule has 1 fully saturated rings. The molecule has 2 aromatic carbocycles. The lowest BCUT2D eigenvalue weighted by Gasteiger charge is -2.11. The predicted octanol–water partition coefficient (Wildman–Crippen LogP) is 5.37. The van der Waals surface area contributed by atoms with Crippen molar-refractivity contribution >= 4 is 40.6 Å². The highest BCUT2D eigenvalue weighted by atomic mass is 35.5. The predicted molar refractivity (Wildman–Crippen MR) is 105 cm³/mol. The molecule has 0 N–H and O–H groups in total. The van der Waals surface area contributed by atoms with Crippen LogP contribution in [0, 0.1) is 0 Å². The van der Waals surface area contributed by atoms with E-state index in [4.69, 9.17) is 16.3 Å². The number of rotatable bonds is 6. The van der Waals surface area contributed by atoms with Gasteiger partial charge >= 0.3 is 0 Å². The number of amides is 2. The highest BCUT2D eigenvalue weighted by Gasteiger charge is 2.34. The molecule has 134 valence electrons. The van der Waals surface area contributed by atoms with Crippen molar-refractivity contribution in [3.8, 4) is 5.75 Å². The summed E-state index contributed by atoms with van der Waals surface area (Å²) in [5.74, 6) is 0.387. The Morgan fingerprint density at radius 1 is 1.12 bits per heavy atom. The fourth-order valence-electron chi connectivity index (χ4n) is 2.56. The van der Waals surface area contributed by atoms with E-state index < -0.39 is 0 Å². The number of halogens is 1. The van der Waals surface area contributed by atoms with Crippen LogP contribution >= 0.6 is 23.4 Å². The van der Waals surface area contributed by atoms with Gasteiger partial charge in [-0.1, -0.05) is 54.9 Å². The zero-order chi connectivity index (χ0) is 18.5. The Kier molecular flexibility index (Phi) is 6.01. The molecule has 2 aromatic rings. The molecule has 1 saturated heterocycles. The minimum Gasteiger partial charge on any atom is -0.488 e. The van der Waals surface area contributed by atoms with Crippen LogP contribution in [0.2, 0.25) is 5.02 Å². The number of hydrogen-bond donors (Lipinski definition) is 0. The maximum atomic E-state index is 12.4. The molecule has 0 radical (unpaired) electrons. The lowest BCUT2D eigenvalue weighted by molar-refractivity contribution is -0.122. The van der Waals surface area contributed by atoms with Gasteiger partial charge < -0.3 is 4.74 Å². The molecular formula is C20H18ClNO3S. The van der Waals surface area contributed by atoms with E-state index in [1.54, 1.807) is 6.08 Å². The summed E-state index contributed by atoms with van der Waals surface area (Å²) >= 11 is 7.13. The minimum absolute atomic E-state index is 0.224. The van der Waals surface area contributed by atoms with E-state index in [9.17, 15) is 9.59 Å². The number of ether oxygens (including phenoxy) is 1. The van der Waals surface area contributed by atoms with Crippen LogP contribution in [0.4, 0.5) is 4.79 Å². The van der Waals surface area contributed by atoms with Crippen molar-refractivity contribution in [3.63, 3.8) is 0 Å². The first-order valence-corrected chi connectivity index (χ1v) is 9.50. The van der Waals surface area contributed by atoms with Crippen LogP contribution in [0.15, 0.2) is 53.4 Å². The molecule has 0 aromatic heterocycles. The fourth-order valence-corrected chi connectivity index (χ4v) is 3.61. The van der Waals surface area contributed by atoms with Gasteiger partial charge in [-0.2, -0.15) is 0 Å². The van der Waals surface area contributed by atoms with E-state index >= 15 is 0 Å². The zero-order valence-electron chi connectivity index (χ0n) is 14.3. The van der Waals surface area contributed by atoms with Crippen molar-refractivity contribution in [1.29, 1.82) is 0 Å². The molecule has 1 aliphatic rings. The summed E-state index contributed by atoms with van der Waals surface area (Å²) < 4.78 is 5.90. The van der Waals surface area contributed by atoms with E-state index in [1.807, 2.05) is 55.5 Å². The second-order valence-corrected chi connectivity index (χ2v) is 7.15. The number of carbonyl (C=O) groups excluding carboxylic acids is 2. The number of carbonyl (C=O) groups is 2. The van der Waals surface area contributed by atoms with Crippen LogP contribution in [-0.2, 0) is 11.4 Å². The molecule has 26 heavy (non-hydrogen) atoms. The second-order valence-electron chi connectivity index (χ2n) is 5.75. The molecule has 3 rings (SSSR count). The van der Waals surface area contributed by atoms with Crippen LogP contribution in [0.25, 0.3) is 6.08 Å². The molecule has 0 atom stereocenters. The van der Waals surface area contributed by atoms with Gasteiger partial charge in [0.2, 0.25) is 0 Å². The molecule has 1 aliphatic heterocycles. The topological polar surface area (TPSA) is 46.6 Å². The van der Waals surface area contributed by atoms with E-state index in [2.05, 4.69) is 0 Å². The Labute approximate surface area is 161 Å². The fraction of sp³-hybridized carbons (Fsp3) is 0.200. The highest BCUT2D eigenvalue weighted by molar-refractivity contribution is 8.18. The van der Waals surface area contributed by atoms with Crippen molar-refractivity contribution in [3.05, 3.63) is 69.6 Å². The van der Waals surface area contributed by atoms with Crippen molar-refractivity contribution < 1.29 is 14.3 Å². The van der Waals surface area contributed by atoms with Gasteiger partial charge in [-0.3, -0.25) is 14.5 Å². The van der Waals surface area contributed by atoms with Gasteiger partial charge in [0, 0.05) is 22.7 Å². The van der Waals surface area contributed by atoms with Gasteiger partial charge in [0.25, 0.3) is 11.1 Å². The molecule has 1 heterocycles. The summed E-state index contributed by atoms with van der Waals surface area (Å²) in [5.41, 5.74) is 1.63. The third-order valence-corrected chi connectivity index (χ3v) is 5.14. The Bertz CT molecular complexity index is 866. The Morgan fingerprint density at radius 2 is 1.85 bits per heavy atom. The molecule has 0 aliphatic carbocycles. The number of nitrogens with zero attached hydrogens (tertiary/aromatic N) is 1. The van der Waals surface area contributed by atoms with Crippen molar-refractivity contribution in [1.82, 2.24) is 4.90 Å². The second kappa shape index (κ2) is 8.43. The van der Waals surface area contributed by atoms with Crippen molar-refractivity contribution in [2.75, 3.05) is 6.54 Å². The number of para-hydroxylation sites is 1. The number of benzene rings is 2. The van der Waals surface area contributed by atoms with E-state index in [1.165, 1.54) is 4.90 Å². The largest absolute Gasteiger partial charge is 0.488 e. The first-order valence-electron chi connectivity index (χ1n) is 8.30. The summed E-state index contributed by atoms with van der Waals surface area (Å²) in [6.07, 6.45) is 2.45. The van der Waals surface area contributed by atoms with Crippen LogP contribution < -0.4 is 4.74 Å². The van der Waals surface area contributed by atoms with Crippen LogP contribution in [0.1, 0.15) is 24.5 Å². The Hall–Kier alpha value is -2.24. The summed E-state index contributed by atoms with van der Waals surface area (Å²) in [4.78, 5) is 26.1. The number of hydrogen-bond acceptors (Lipinski definition) is 4. The maximum Gasteiger partial charge on any atom is 0.293 e. The van der Waals surface area contributed by atoms with Crippen LogP contribution in [0.5, 0.6) is 5.75 Å². The highest BCUT2D eigenvalue weighted by Crippen LogP contribution is 2.34. The van der Waals surface area contributed by atoms with Gasteiger partial charge in [-0.15, -0.1) is 0 Å². The zero-order valence-corrected chi connectivity index (χ0v) is 15.8. The third kappa shape index (κ3) is 4.11. The maximum absolute atomic E-state index is 12.4. The first kappa shape index (κ1) is 18.5. The lowest BCUT2D eigenvalue weighted by atomic mass is 10.1. The molecule has 4 nitrogen and oxygen atoms in total. The van der Waals surface area contributed by atoms with Gasteiger partial charge in [-0.25, -0.2) is 0 Å². The number of thioether (sulfide) groups is 1. The lowest BCUT2D eigenvalue weighted by Crippen LogP contribution is -2.28. The standard InChI is InChI=1S/C20H18ClNO3S/c1-2-11-22-19(23)18(26-20(22)24)12-14-7-4-6-10-17(14)25-13-15-8-3-5-9-16(15)21/h3-10,12H,2,11,13H2,1H3/b18-12+. The van der Waals surface area contributed by atoms with Crippen molar-refractivity contribution in [2.24, 2.45) is 0 Å². The molecular weight excluding hydrogens is 370 g/mol. The number of imide groups is 1. The molecule has 0 saturated carbocycles. The first-order chi connectivity index (χ1) is 12.6. The monoisotopic (exact) mass is 387 g/mol. The molecule has 6 heteroatoms. The van der Waals surface area contributed by atoms with E-state index in [-0.39, 0.29) is 11.1 Å². The third-order valence-electron chi connectivity index (χ3n) is 3.87. The minimum atomic E-state index is -0.247. The molecule has 0 spiro atoms. The average molecular weight is 388 g/mol. The Balaban J connectivity index is 1.80. The average Bonchev–Trinajstić information content (AvgIpc) is 2.90. The smallest absolute Gasteiger partial charge is 0.293 e. The summed E-state index contributed by atoms with van der Waals surface area (Å²) in [6.45, 7) is 2.69. The van der Waals surface area contributed by atoms with E-state index in [0.29, 0.717) is 28.8 Å².